The van der Waals surface area contributed by atoms with Gasteiger partial charge in [-0.05, 0) is 43.2 Å². The summed E-state index contributed by atoms with van der Waals surface area (Å²) in [5, 5.41) is 0.728. The number of rotatable bonds is 3. The molecule has 4 rings (SSSR count). The average Bonchev–Trinajstić information content (AvgIpc) is 2.66. The number of pyridine rings is 1. The quantitative estimate of drug-likeness (QED) is 0.403. The lowest BCUT2D eigenvalue weighted by molar-refractivity contribution is 0.0471. The summed E-state index contributed by atoms with van der Waals surface area (Å²) in [4.78, 5) is 29.6. The Bertz CT molecular complexity index is 1230. The molecule has 0 aliphatic rings. The molecule has 0 aliphatic carbocycles. The van der Waals surface area contributed by atoms with Crippen molar-refractivity contribution in [1.82, 2.24) is 4.98 Å². The molecule has 5 heteroatoms. The average molecular weight is 359 g/mol. The largest absolute Gasteiger partial charge is 0.457 e. The van der Waals surface area contributed by atoms with E-state index in [1.54, 1.807) is 19.1 Å². The van der Waals surface area contributed by atoms with Gasteiger partial charge in [0.25, 0.3) is 0 Å². The molecular formula is C22H17NO4. The van der Waals surface area contributed by atoms with E-state index in [0.29, 0.717) is 16.7 Å². The van der Waals surface area contributed by atoms with Crippen LogP contribution in [0.1, 0.15) is 27.2 Å². The molecule has 0 atom stereocenters. The molecule has 2 aromatic heterocycles. The lowest BCUT2D eigenvalue weighted by Gasteiger charge is -2.08. The van der Waals surface area contributed by atoms with Crippen LogP contribution in [0, 0.1) is 13.8 Å². The van der Waals surface area contributed by atoms with E-state index in [4.69, 9.17) is 9.15 Å². The third kappa shape index (κ3) is 3.19. The van der Waals surface area contributed by atoms with Crippen molar-refractivity contribution in [1.29, 1.82) is 0 Å². The van der Waals surface area contributed by atoms with Gasteiger partial charge in [-0.1, -0.05) is 36.4 Å². The van der Waals surface area contributed by atoms with Crippen molar-refractivity contribution in [2.75, 3.05) is 0 Å². The molecule has 0 saturated carbocycles. The number of hydrogen-bond acceptors (Lipinski definition) is 5. The molecular weight excluding hydrogens is 342 g/mol. The first-order valence-corrected chi connectivity index (χ1v) is 8.59. The van der Waals surface area contributed by atoms with Gasteiger partial charge in [0.15, 0.2) is 0 Å². The lowest BCUT2D eigenvalue weighted by Crippen LogP contribution is -2.11. The summed E-state index contributed by atoms with van der Waals surface area (Å²) in [5.74, 6) is -0.519. The predicted molar refractivity (Wildman–Crippen MR) is 103 cm³/mol. The molecule has 0 aliphatic heterocycles. The summed E-state index contributed by atoms with van der Waals surface area (Å²) < 4.78 is 11.2. The van der Waals surface area contributed by atoms with E-state index >= 15 is 0 Å². The Labute approximate surface area is 155 Å². The molecule has 2 heterocycles. The fraction of sp³-hybridized carbons (Fsp3) is 0.136. The molecule has 0 unspecified atom stereocenters. The van der Waals surface area contributed by atoms with E-state index < -0.39 is 5.97 Å². The van der Waals surface area contributed by atoms with Crippen LogP contribution in [0.4, 0.5) is 0 Å². The number of ether oxygens (including phenoxy) is 1. The van der Waals surface area contributed by atoms with Gasteiger partial charge in [0.1, 0.15) is 12.2 Å². The van der Waals surface area contributed by atoms with Gasteiger partial charge in [0, 0.05) is 0 Å². The zero-order valence-electron chi connectivity index (χ0n) is 15.0. The van der Waals surface area contributed by atoms with Crippen molar-refractivity contribution >= 4 is 28.0 Å². The van der Waals surface area contributed by atoms with E-state index in [1.807, 2.05) is 43.3 Å². The predicted octanol–water partition coefficient (Wildman–Crippen LogP) is 4.32. The first-order chi connectivity index (χ1) is 13.0. The molecule has 0 amide bonds. The number of hydrogen-bond donors (Lipinski definition) is 0. The number of aryl methyl sites for hydroxylation is 2. The summed E-state index contributed by atoms with van der Waals surface area (Å²) in [6.45, 7) is 3.77. The molecule has 4 aromatic rings. The first-order valence-electron chi connectivity index (χ1n) is 8.59. The van der Waals surface area contributed by atoms with Crippen molar-refractivity contribution in [2.24, 2.45) is 0 Å². The Morgan fingerprint density at radius 1 is 1.04 bits per heavy atom. The van der Waals surface area contributed by atoms with E-state index in [9.17, 15) is 9.59 Å². The maximum absolute atomic E-state index is 12.8. The zero-order valence-corrected chi connectivity index (χ0v) is 15.0. The van der Waals surface area contributed by atoms with Gasteiger partial charge in [-0.15, -0.1) is 0 Å². The van der Waals surface area contributed by atoms with Gasteiger partial charge in [-0.25, -0.2) is 9.78 Å². The monoisotopic (exact) mass is 359 g/mol. The summed E-state index contributed by atoms with van der Waals surface area (Å²) in [7, 11) is 0. The summed E-state index contributed by atoms with van der Waals surface area (Å²) in [6.07, 6.45) is 0. The second kappa shape index (κ2) is 6.68. The van der Waals surface area contributed by atoms with Gasteiger partial charge >= 0.3 is 5.97 Å². The minimum atomic E-state index is -0.519. The number of carbonyl (C=O) groups is 1. The minimum absolute atomic E-state index is 0.156. The second-order valence-electron chi connectivity index (χ2n) is 6.47. The Kier molecular flexibility index (Phi) is 4.20. The van der Waals surface area contributed by atoms with Crippen molar-refractivity contribution in [3.63, 3.8) is 0 Å². The van der Waals surface area contributed by atoms with Gasteiger partial charge in [0.05, 0.1) is 22.0 Å². The van der Waals surface area contributed by atoms with Crippen LogP contribution in [0.25, 0.3) is 22.1 Å². The van der Waals surface area contributed by atoms with Crippen molar-refractivity contribution in [3.05, 3.63) is 87.2 Å². The van der Waals surface area contributed by atoms with Crippen LogP contribution >= 0.6 is 0 Å². The van der Waals surface area contributed by atoms with Crippen LogP contribution in [0.2, 0.25) is 0 Å². The molecule has 0 fully saturated rings. The summed E-state index contributed by atoms with van der Waals surface area (Å²) >= 11 is 0. The maximum atomic E-state index is 12.8. The van der Waals surface area contributed by atoms with Gasteiger partial charge < -0.3 is 9.15 Å². The molecule has 0 N–H and O–H groups in total. The number of aromatic nitrogens is 1. The van der Waals surface area contributed by atoms with E-state index in [2.05, 4.69) is 4.98 Å². The topological polar surface area (TPSA) is 69.4 Å². The Hall–Kier alpha value is -3.47. The Morgan fingerprint density at radius 2 is 1.81 bits per heavy atom. The second-order valence-corrected chi connectivity index (χ2v) is 6.47. The molecule has 0 spiro atoms. The summed E-state index contributed by atoms with van der Waals surface area (Å²) in [5.41, 5.74) is 3.08. The summed E-state index contributed by atoms with van der Waals surface area (Å²) in [6, 6.07) is 16.3. The van der Waals surface area contributed by atoms with Crippen molar-refractivity contribution in [2.45, 2.75) is 20.5 Å². The molecule has 134 valence electrons. The number of nitrogens with zero attached hydrogens (tertiary/aromatic N) is 1. The van der Waals surface area contributed by atoms with E-state index in [1.165, 1.54) is 6.07 Å². The number of carbonyl (C=O) groups excluding carboxylic acids is 1. The van der Waals surface area contributed by atoms with Crippen LogP contribution in [0.3, 0.4) is 0 Å². The van der Waals surface area contributed by atoms with Gasteiger partial charge in [0.2, 0.25) is 11.1 Å². The van der Waals surface area contributed by atoms with E-state index in [-0.39, 0.29) is 28.7 Å². The van der Waals surface area contributed by atoms with Gasteiger partial charge in [-0.3, -0.25) is 4.79 Å². The molecule has 5 nitrogen and oxygen atoms in total. The number of benzene rings is 2. The highest BCUT2D eigenvalue weighted by atomic mass is 16.5. The standard InChI is InChI=1S/C22H17NO4/c1-13-8-9-16-19(10-13)27-21-18(20(16)24)11-17(14(2)23-21)22(25)26-12-15-6-4-3-5-7-15/h3-11H,12H2,1-2H3. The molecule has 0 bridgehead atoms. The fourth-order valence-corrected chi connectivity index (χ4v) is 2.98. The highest BCUT2D eigenvalue weighted by Gasteiger charge is 2.17. The SMILES string of the molecule is Cc1ccc2c(=O)c3cc(C(=O)OCc4ccccc4)c(C)nc3oc2c1. The lowest BCUT2D eigenvalue weighted by atomic mass is 10.1. The Morgan fingerprint density at radius 3 is 2.59 bits per heavy atom. The van der Waals surface area contributed by atoms with Gasteiger partial charge in [-0.2, -0.15) is 0 Å². The van der Waals surface area contributed by atoms with E-state index in [0.717, 1.165) is 11.1 Å². The first kappa shape index (κ1) is 17.0. The smallest absolute Gasteiger partial charge is 0.340 e. The highest BCUT2D eigenvalue weighted by Crippen LogP contribution is 2.21. The number of esters is 1. The van der Waals surface area contributed by atoms with Crippen molar-refractivity contribution < 1.29 is 13.9 Å². The zero-order chi connectivity index (χ0) is 19.0. The number of fused-ring (bicyclic) bond motifs is 2. The highest BCUT2D eigenvalue weighted by molar-refractivity contribution is 5.96. The molecule has 0 radical (unpaired) electrons. The van der Waals surface area contributed by atoms with Crippen molar-refractivity contribution in [3.8, 4) is 0 Å². The minimum Gasteiger partial charge on any atom is -0.457 e. The van der Waals surface area contributed by atoms with Crippen LogP contribution in [-0.2, 0) is 11.3 Å². The van der Waals surface area contributed by atoms with Crippen LogP contribution in [-0.4, -0.2) is 11.0 Å². The third-order valence-electron chi connectivity index (χ3n) is 4.44. The third-order valence-corrected chi connectivity index (χ3v) is 4.44. The maximum Gasteiger partial charge on any atom is 0.340 e. The molecule has 27 heavy (non-hydrogen) atoms. The molecule has 0 saturated heterocycles. The van der Waals surface area contributed by atoms with Crippen LogP contribution in [0.15, 0.2) is 63.8 Å². The fourth-order valence-electron chi connectivity index (χ4n) is 2.98. The Balaban J connectivity index is 1.75. The van der Waals surface area contributed by atoms with Crippen LogP contribution < -0.4 is 5.43 Å². The normalized spacial score (nSPS) is 11.0. The molecule has 2 aromatic carbocycles. The van der Waals surface area contributed by atoms with Crippen LogP contribution in [0.5, 0.6) is 0 Å².